The van der Waals surface area contributed by atoms with Gasteiger partial charge in [0.05, 0.1) is 6.04 Å². The molecule has 0 radical (unpaired) electrons. The van der Waals surface area contributed by atoms with Crippen LogP contribution in [0.2, 0.25) is 0 Å². The molecule has 1 aromatic carbocycles. The van der Waals surface area contributed by atoms with Crippen LogP contribution in [0.4, 0.5) is 5.69 Å². The molecule has 168 valence electrons. The zero-order valence-corrected chi connectivity index (χ0v) is 19.4. The van der Waals surface area contributed by atoms with Crippen LogP contribution >= 0.6 is 0 Å². The molecule has 0 heterocycles. The molecule has 30 heavy (non-hydrogen) atoms. The fourth-order valence-corrected chi connectivity index (χ4v) is 4.94. The topological polar surface area (TPSA) is 36.4 Å². The van der Waals surface area contributed by atoms with Crippen LogP contribution in [0.5, 0.6) is 0 Å². The second-order valence-electron chi connectivity index (χ2n) is 9.59. The molecule has 2 fully saturated rings. The highest BCUT2D eigenvalue weighted by Crippen LogP contribution is 2.22. The predicted molar refractivity (Wildman–Crippen MR) is 131 cm³/mol. The van der Waals surface area contributed by atoms with Gasteiger partial charge in [0.2, 0.25) is 0 Å². The minimum atomic E-state index is 0.490. The number of unbranched alkanes of at least 4 members (excludes halogenated alkanes) is 5. The number of aliphatic imine (C=N–C) groups is 1. The number of aryl methyl sites for hydroxylation is 1. The van der Waals surface area contributed by atoms with E-state index in [1.165, 1.54) is 120 Å². The number of anilines is 1. The van der Waals surface area contributed by atoms with Crippen molar-refractivity contribution in [2.24, 2.45) is 4.99 Å². The highest BCUT2D eigenvalue weighted by molar-refractivity contribution is 5.94. The normalized spacial score (nSPS) is 19.0. The maximum Gasteiger partial charge on any atom is 0.196 e. The van der Waals surface area contributed by atoms with Crippen LogP contribution in [-0.4, -0.2) is 18.0 Å². The van der Waals surface area contributed by atoms with Gasteiger partial charge in [0.15, 0.2) is 5.96 Å². The van der Waals surface area contributed by atoms with E-state index in [-0.39, 0.29) is 0 Å². The lowest BCUT2D eigenvalue weighted by molar-refractivity contribution is 0.408. The average molecular weight is 412 g/mol. The van der Waals surface area contributed by atoms with Crippen LogP contribution in [0.3, 0.4) is 0 Å². The van der Waals surface area contributed by atoms with Gasteiger partial charge in [-0.25, -0.2) is 4.99 Å². The standard InChI is InChI=1S/C27H45N3/c1-2-3-4-5-6-9-14-23-19-21-26(22-20-23)30-27(28-24-15-10-7-11-16-24)29-25-17-12-8-13-18-25/h19-22,24-25H,2-18H2,1H3,(H2,28,29,30). The van der Waals surface area contributed by atoms with Crippen LogP contribution in [0, 0.1) is 0 Å². The molecule has 0 bridgehead atoms. The fourth-order valence-electron chi connectivity index (χ4n) is 4.94. The fraction of sp³-hybridized carbons (Fsp3) is 0.741. The summed E-state index contributed by atoms with van der Waals surface area (Å²) in [5.74, 6) is 1.01. The lowest BCUT2D eigenvalue weighted by Crippen LogP contribution is -2.41. The second kappa shape index (κ2) is 13.7. The number of rotatable bonds is 10. The van der Waals surface area contributed by atoms with E-state index in [0.29, 0.717) is 12.1 Å². The van der Waals surface area contributed by atoms with E-state index in [1.54, 1.807) is 0 Å². The van der Waals surface area contributed by atoms with E-state index >= 15 is 0 Å². The van der Waals surface area contributed by atoms with Gasteiger partial charge in [-0.15, -0.1) is 0 Å². The third-order valence-electron chi connectivity index (χ3n) is 6.87. The number of nitrogens with one attached hydrogen (secondary N) is 2. The summed E-state index contributed by atoms with van der Waals surface area (Å²) in [4.78, 5) is 5.13. The predicted octanol–water partition coefficient (Wildman–Crippen LogP) is 7.61. The molecule has 1 aromatic rings. The minimum Gasteiger partial charge on any atom is -0.353 e. The van der Waals surface area contributed by atoms with E-state index in [2.05, 4.69) is 41.8 Å². The Hall–Kier alpha value is -1.51. The largest absolute Gasteiger partial charge is 0.353 e. The molecule has 2 saturated carbocycles. The molecule has 2 N–H and O–H groups in total. The maximum absolute atomic E-state index is 5.13. The van der Waals surface area contributed by atoms with Gasteiger partial charge in [0.25, 0.3) is 0 Å². The van der Waals surface area contributed by atoms with Gasteiger partial charge in [0, 0.05) is 11.7 Å². The van der Waals surface area contributed by atoms with Crippen molar-refractivity contribution in [1.29, 1.82) is 0 Å². The lowest BCUT2D eigenvalue weighted by atomic mass is 9.95. The summed E-state index contributed by atoms with van der Waals surface area (Å²) >= 11 is 0. The van der Waals surface area contributed by atoms with E-state index in [9.17, 15) is 0 Å². The van der Waals surface area contributed by atoms with Gasteiger partial charge in [-0.2, -0.15) is 0 Å². The van der Waals surface area contributed by atoms with Crippen molar-refractivity contribution >= 4 is 11.6 Å². The molecule has 2 aliphatic carbocycles. The highest BCUT2D eigenvalue weighted by Gasteiger charge is 2.17. The van der Waals surface area contributed by atoms with Gasteiger partial charge in [-0.1, -0.05) is 89.7 Å². The van der Waals surface area contributed by atoms with Crippen molar-refractivity contribution in [3.05, 3.63) is 29.8 Å². The SMILES string of the molecule is CCCCCCCCc1ccc(NC(=NC2CCCCC2)NC2CCCCC2)cc1. The molecular weight excluding hydrogens is 366 g/mol. The van der Waals surface area contributed by atoms with Crippen LogP contribution in [0.1, 0.15) is 115 Å². The van der Waals surface area contributed by atoms with Gasteiger partial charge in [0.1, 0.15) is 0 Å². The van der Waals surface area contributed by atoms with Crippen LogP contribution < -0.4 is 10.6 Å². The van der Waals surface area contributed by atoms with Crippen LogP contribution in [-0.2, 0) is 6.42 Å². The summed E-state index contributed by atoms with van der Waals surface area (Å²) in [7, 11) is 0. The summed E-state index contributed by atoms with van der Waals surface area (Å²) in [5, 5.41) is 7.39. The number of guanidine groups is 1. The van der Waals surface area contributed by atoms with Crippen molar-refractivity contribution in [2.45, 2.75) is 128 Å². The lowest BCUT2D eigenvalue weighted by Gasteiger charge is -2.27. The molecule has 0 aliphatic heterocycles. The van der Waals surface area contributed by atoms with Crippen molar-refractivity contribution in [1.82, 2.24) is 5.32 Å². The third-order valence-corrected chi connectivity index (χ3v) is 6.87. The Kier molecular flexibility index (Phi) is 10.6. The number of hydrogen-bond donors (Lipinski definition) is 2. The minimum absolute atomic E-state index is 0.490. The Labute approximate surface area is 185 Å². The molecule has 0 amide bonds. The van der Waals surface area contributed by atoms with Crippen molar-refractivity contribution in [3.8, 4) is 0 Å². The number of benzene rings is 1. The van der Waals surface area contributed by atoms with Gasteiger partial charge < -0.3 is 10.6 Å². The van der Waals surface area contributed by atoms with E-state index < -0.39 is 0 Å². The zero-order valence-electron chi connectivity index (χ0n) is 19.4. The van der Waals surface area contributed by atoms with Crippen molar-refractivity contribution in [3.63, 3.8) is 0 Å². The number of hydrogen-bond acceptors (Lipinski definition) is 1. The van der Waals surface area contributed by atoms with Gasteiger partial charge in [-0.3, -0.25) is 0 Å². The Bertz CT molecular complexity index is 595. The van der Waals surface area contributed by atoms with Crippen molar-refractivity contribution < 1.29 is 0 Å². The molecule has 2 aliphatic rings. The first-order valence-corrected chi connectivity index (χ1v) is 13.0. The molecule has 0 saturated heterocycles. The first-order chi connectivity index (χ1) is 14.8. The van der Waals surface area contributed by atoms with Crippen molar-refractivity contribution in [2.75, 3.05) is 5.32 Å². The molecule has 3 rings (SSSR count). The summed E-state index contributed by atoms with van der Waals surface area (Å²) < 4.78 is 0. The molecule has 0 aromatic heterocycles. The highest BCUT2D eigenvalue weighted by atomic mass is 15.2. The summed E-state index contributed by atoms with van der Waals surface area (Å²) in [6, 6.07) is 10.2. The van der Waals surface area contributed by atoms with Crippen LogP contribution in [0.25, 0.3) is 0 Å². The van der Waals surface area contributed by atoms with E-state index in [1.807, 2.05) is 0 Å². The third kappa shape index (κ3) is 8.70. The maximum atomic E-state index is 5.13. The quantitative estimate of drug-likeness (QED) is 0.236. The average Bonchev–Trinajstić information content (AvgIpc) is 2.79. The first kappa shape index (κ1) is 23.2. The molecule has 0 unspecified atom stereocenters. The summed E-state index contributed by atoms with van der Waals surface area (Å²) in [5.41, 5.74) is 2.63. The van der Waals surface area contributed by atoms with E-state index in [0.717, 1.165) is 5.96 Å². The summed E-state index contributed by atoms with van der Waals surface area (Å²) in [6.07, 6.45) is 22.6. The Morgan fingerprint density at radius 2 is 1.43 bits per heavy atom. The molecular formula is C27H45N3. The molecule has 0 spiro atoms. The molecule has 3 heteroatoms. The molecule has 0 atom stereocenters. The monoisotopic (exact) mass is 411 g/mol. The van der Waals surface area contributed by atoms with Crippen LogP contribution in [0.15, 0.2) is 29.3 Å². The van der Waals surface area contributed by atoms with E-state index in [4.69, 9.17) is 4.99 Å². The zero-order chi connectivity index (χ0) is 20.9. The summed E-state index contributed by atoms with van der Waals surface area (Å²) in [6.45, 7) is 2.28. The Morgan fingerprint density at radius 3 is 2.13 bits per heavy atom. The Morgan fingerprint density at radius 1 is 0.800 bits per heavy atom. The molecule has 3 nitrogen and oxygen atoms in total. The Balaban J connectivity index is 1.51. The smallest absolute Gasteiger partial charge is 0.196 e. The van der Waals surface area contributed by atoms with Gasteiger partial charge in [-0.05, 0) is 56.2 Å². The van der Waals surface area contributed by atoms with Gasteiger partial charge >= 0.3 is 0 Å². The number of nitrogens with zero attached hydrogens (tertiary/aromatic N) is 1. The first-order valence-electron chi connectivity index (χ1n) is 13.0. The second-order valence-corrected chi connectivity index (χ2v) is 9.59.